The molecular formula is C15H11NO4. The Morgan fingerprint density at radius 1 is 1.30 bits per heavy atom. The van der Waals surface area contributed by atoms with Crippen molar-refractivity contribution in [2.75, 3.05) is 0 Å². The van der Waals surface area contributed by atoms with Crippen LogP contribution in [0.25, 0.3) is 11.0 Å². The summed E-state index contributed by atoms with van der Waals surface area (Å²) in [5.41, 5.74) is 0.737. The number of nitrogens with zero attached hydrogens (tertiary/aromatic N) is 1. The summed E-state index contributed by atoms with van der Waals surface area (Å²) in [5.74, 6) is 0.307. The van der Waals surface area contributed by atoms with Gasteiger partial charge in [-0.15, -0.1) is 0 Å². The maximum Gasteiger partial charge on any atom is 0.335 e. The van der Waals surface area contributed by atoms with Gasteiger partial charge in [0.05, 0.1) is 11.8 Å². The standard InChI is InChI=1S/C15H11NO4/c17-15(18)11-4-3-10-6-13(20-14(10)7-11)9-19-12-2-1-5-16-8-12/h1-8H,9H2,(H,17,18). The third kappa shape index (κ3) is 2.47. The number of carbonyl (C=O) groups is 1. The van der Waals surface area contributed by atoms with Gasteiger partial charge in [-0.05, 0) is 30.3 Å². The lowest BCUT2D eigenvalue weighted by molar-refractivity contribution is 0.0697. The molecule has 0 amide bonds. The van der Waals surface area contributed by atoms with Crippen molar-refractivity contribution >= 4 is 16.9 Å². The Kier molecular flexibility index (Phi) is 3.09. The van der Waals surface area contributed by atoms with Crippen molar-refractivity contribution in [1.82, 2.24) is 4.98 Å². The van der Waals surface area contributed by atoms with Crippen LogP contribution in [0.15, 0.2) is 53.2 Å². The summed E-state index contributed by atoms with van der Waals surface area (Å²) in [4.78, 5) is 14.8. The molecule has 3 rings (SSSR count). The molecule has 1 aromatic carbocycles. The quantitative estimate of drug-likeness (QED) is 0.787. The van der Waals surface area contributed by atoms with Crippen molar-refractivity contribution in [3.05, 3.63) is 60.1 Å². The average Bonchev–Trinajstić information content (AvgIpc) is 2.88. The molecular weight excluding hydrogens is 258 g/mol. The molecule has 2 aromatic heterocycles. The van der Waals surface area contributed by atoms with E-state index in [0.717, 1.165) is 5.39 Å². The first kappa shape index (κ1) is 12.2. The molecule has 0 aliphatic carbocycles. The Hall–Kier alpha value is -2.82. The van der Waals surface area contributed by atoms with Gasteiger partial charge in [0.15, 0.2) is 0 Å². The van der Waals surface area contributed by atoms with Crippen LogP contribution in [-0.2, 0) is 6.61 Å². The first-order chi connectivity index (χ1) is 9.72. The van der Waals surface area contributed by atoms with Crippen molar-refractivity contribution < 1.29 is 19.1 Å². The summed E-state index contributed by atoms with van der Waals surface area (Å²) < 4.78 is 11.1. The Morgan fingerprint density at radius 3 is 2.95 bits per heavy atom. The van der Waals surface area contributed by atoms with Crippen LogP contribution in [0.4, 0.5) is 0 Å². The highest BCUT2D eigenvalue weighted by molar-refractivity contribution is 5.92. The van der Waals surface area contributed by atoms with Gasteiger partial charge in [0.1, 0.15) is 23.7 Å². The summed E-state index contributed by atoms with van der Waals surface area (Å²) in [6.07, 6.45) is 3.28. The van der Waals surface area contributed by atoms with Gasteiger partial charge in [0.2, 0.25) is 0 Å². The van der Waals surface area contributed by atoms with Crippen LogP contribution in [0, 0.1) is 0 Å². The molecule has 0 unspecified atom stereocenters. The third-order valence-electron chi connectivity index (χ3n) is 2.83. The first-order valence-corrected chi connectivity index (χ1v) is 6.01. The molecule has 5 nitrogen and oxygen atoms in total. The number of ether oxygens (including phenoxy) is 1. The predicted molar refractivity (Wildman–Crippen MR) is 71.7 cm³/mol. The minimum absolute atomic E-state index is 0.201. The maximum absolute atomic E-state index is 10.9. The maximum atomic E-state index is 10.9. The number of hydrogen-bond acceptors (Lipinski definition) is 4. The molecule has 0 bridgehead atoms. The lowest BCUT2D eigenvalue weighted by atomic mass is 10.2. The molecule has 0 saturated carbocycles. The van der Waals surface area contributed by atoms with Crippen molar-refractivity contribution in [1.29, 1.82) is 0 Å². The molecule has 0 aliphatic rings. The molecule has 0 radical (unpaired) electrons. The number of rotatable bonds is 4. The second-order valence-electron chi connectivity index (χ2n) is 4.25. The molecule has 0 aliphatic heterocycles. The number of pyridine rings is 1. The van der Waals surface area contributed by atoms with E-state index < -0.39 is 5.97 Å². The second kappa shape index (κ2) is 5.05. The van der Waals surface area contributed by atoms with Crippen LogP contribution >= 0.6 is 0 Å². The monoisotopic (exact) mass is 269 g/mol. The predicted octanol–water partition coefficient (Wildman–Crippen LogP) is 3.11. The van der Waals surface area contributed by atoms with Crippen LogP contribution in [0.2, 0.25) is 0 Å². The fourth-order valence-corrected chi connectivity index (χ4v) is 1.88. The van der Waals surface area contributed by atoms with E-state index in [2.05, 4.69) is 4.98 Å². The van der Waals surface area contributed by atoms with Gasteiger partial charge in [-0.3, -0.25) is 4.98 Å². The van der Waals surface area contributed by atoms with Crippen LogP contribution in [-0.4, -0.2) is 16.1 Å². The van der Waals surface area contributed by atoms with Crippen molar-refractivity contribution in [3.8, 4) is 5.75 Å². The van der Waals surface area contributed by atoms with E-state index in [9.17, 15) is 4.79 Å². The smallest absolute Gasteiger partial charge is 0.335 e. The average molecular weight is 269 g/mol. The summed E-state index contributed by atoms with van der Waals surface area (Å²) in [7, 11) is 0. The largest absolute Gasteiger partial charge is 0.484 e. The minimum atomic E-state index is -0.976. The van der Waals surface area contributed by atoms with Crippen LogP contribution in [0.3, 0.4) is 0 Å². The van der Waals surface area contributed by atoms with E-state index in [0.29, 0.717) is 17.1 Å². The minimum Gasteiger partial charge on any atom is -0.484 e. The Balaban J connectivity index is 1.80. The zero-order chi connectivity index (χ0) is 13.9. The molecule has 0 saturated heterocycles. The summed E-state index contributed by atoms with van der Waals surface area (Å²) in [6, 6.07) is 10.2. The van der Waals surface area contributed by atoms with Crippen LogP contribution < -0.4 is 4.74 Å². The van der Waals surface area contributed by atoms with E-state index >= 15 is 0 Å². The fourth-order valence-electron chi connectivity index (χ4n) is 1.88. The lowest BCUT2D eigenvalue weighted by Gasteiger charge is -2.01. The molecule has 5 heteroatoms. The zero-order valence-electron chi connectivity index (χ0n) is 10.4. The molecule has 0 spiro atoms. The highest BCUT2D eigenvalue weighted by Gasteiger charge is 2.08. The molecule has 3 aromatic rings. The number of carboxylic acids is 1. The van der Waals surface area contributed by atoms with Crippen LogP contribution in [0.5, 0.6) is 5.75 Å². The fraction of sp³-hybridized carbons (Fsp3) is 0.0667. The normalized spacial score (nSPS) is 10.6. The first-order valence-electron chi connectivity index (χ1n) is 6.01. The van der Waals surface area contributed by atoms with E-state index in [1.54, 1.807) is 36.7 Å². The van der Waals surface area contributed by atoms with Gasteiger partial charge in [0, 0.05) is 11.6 Å². The molecule has 1 N–H and O–H groups in total. The van der Waals surface area contributed by atoms with Gasteiger partial charge in [-0.1, -0.05) is 6.07 Å². The lowest BCUT2D eigenvalue weighted by Crippen LogP contribution is -1.94. The SMILES string of the molecule is O=C(O)c1ccc2cc(COc3cccnc3)oc2c1. The van der Waals surface area contributed by atoms with Gasteiger partial charge < -0.3 is 14.3 Å². The number of hydrogen-bond donors (Lipinski definition) is 1. The second-order valence-corrected chi connectivity index (χ2v) is 4.25. The molecule has 100 valence electrons. The van der Waals surface area contributed by atoms with Gasteiger partial charge in [0.25, 0.3) is 0 Å². The zero-order valence-corrected chi connectivity index (χ0v) is 10.4. The molecule has 2 heterocycles. The number of carboxylic acid groups (broad SMARTS) is 1. The van der Waals surface area contributed by atoms with Crippen molar-refractivity contribution in [2.45, 2.75) is 6.61 Å². The van der Waals surface area contributed by atoms with E-state index in [4.69, 9.17) is 14.3 Å². The summed E-state index contributed by atoms with van der Waals surface area (Å²) in [6.45, 7) is 0.267. The number of aromatic nitrogens is 1. The number of aromatic carboxylic acids is 1. The van der Waals surface area contributed by atoms with Crippen molar-refractivity contribution in [2.24, 2.45) is 0 Å². The summed E-state index contributed by atoms with van der Waals surface area (Å²) >= 11 is 0. The van der Waals surface area contributed by atoms with Crippen molar-refractivity contribution in [3.63, 3.8) is 0 Å². The van der Waals surface area contributed by atoms with E-state index in [1.807, 2.05) is 6.07 Å². The Morgan fingerprint density at radius 2 is 2.20 bits per heavy atom. The summed E-state index contributed by atoms with van der Waals surface area (Å²) in [5, 5.41) is 9.78. The Bertz CT molecular complexity index is 749. The molecule has 20 heavy (non-hydrogen) atoms. The Labute approximate surface area is 114 Å². The topological polar surface area (TPSA) is 72.6 Å². The van der Waals surface area contributed by atoms with E-state index in [1.165, 1.54) is 6.07 Å². The molecule has 0 fully saturated rings. The van der Waals surface area contributed by atoms with Crippen LogP contribution in [0.1, 0.15) is 16.1 Å². The van der Waals surface area contributed by atoms with Gasteiger partial charge in [-0.2, -0.15) is 0 Å². The highest BCUT2D eigenvalue weighted by atomic mass is 16.5. The van der Waals surface area contributed by atoms with Gasteiger partial charge >= 0.3 is 5.97 Å². The van der Waals surface area contributed by atoms with Gasteiger partial charge in [-0.25, -0.2) is 4.79 Å². The number of furan rings is 1. The third-order valence-corrected chi connectivity index (χ3v) is 2.83. The number of fused-ring (bicyclic) bond motifs is 1. The molecule has 0 atom stereocenters. The van der Waals surface area contributed by atoms with E-state index in [-0.39, 0.29) is 12.2 Å². The highest BCUT2D eigenvalue weighted by Crippen LogP contribution is 2.22. The number of benzene rings is 1.